The summed E-state index contributed by atoms with van der Waals surface area (Å²) in [5, 5.41) is 14.1. The van der Waals surface area contributed by atoms with Crippen molar-refractivity contribution in [1.82, 2.24) is 10.2 Å². The van der Waals surface area contributed by atoms with Crippen molar-refractivity contribution >= 4 is 17.5 Å². The van der Waals surface area contributed by atoms with Gasteiger partial charge in [-0.3, -0.25) is 9.69 Å². The first-order valence-electron chi connectivity index (χ1n) is 7.92. The average Bonchev–Trinajstić information content (AvgIpc) is 2.47. The Morgan fingerprint density at radius 3 is 2.86 bits per heavy atom. The van der Waals surface area contributed by atoms with E-state index in [9.17, 15) is 9.90 Å². The SMILES string of the molecule is CC(C)C(=O)NC1CCCN(CC(O)c2ccccc2Cl)C1. The number of rotatable bonds is 5. The number of hydrogen-bond donors (Lipinski definition) is 2. The summed E-state index contributed by atoms with van der Waals surface area (Å²) in [6, 6.07) is 7.56. The van der Waals surface area contributed by atoms with Crippen LogP contribution in [0.5, 0.6) is 0 Å². The number of piperidine rings is 1. The standard InChI is InChI=1S/C17H25ClN2O2/c1-12(2)17(22)19-13-6-5-9-20(10-13)11-16(21)14-7-3-4-8-15(14)18/h3-4,7-8,12-13,16,21H,5-6,9-11H2,1-2H3,(H,19,22). The summed E-state index contributed by atoms with van der Waals surface area (Å²) in [7, 11) is 0. The first-order valence-corrected chi connectivity index (χ1v) is 8.30. The number of aliphatic hydroxyl groups excluding tert-OH is 1. The zero-order chi connectivity index (χ0) is 16.1. The Labute approximate surface area is 137 Å². The summed E-state index contributed by atoms with van der Waals surface area (Å²) in [6.07, 6.45) is 1.42. The Bertz CT molecular complexity index is 507. The zero-order valence-corrected chi connectivity index (χ0v) is 14.0. The normalized spacial score (nSPS) is 20.9. The molecule has 0 bridgehead atoms. The lowest BCUT2D eigenvalue weighted by Crippen LogP contribution is -2.49. The monoisotopic (exact) mass is 324 g/mol. The van der Waals surface area contributed by atoms with Gasteiger partial charge in [-0.25, -0.2) is 0 Å². The first kappa shape index (κ1) is 17.3. The highest BCUT2D eigenvalue weighted by atomic mass is 35.5. The number of amides is 1. The van der Waals surface area contributed by atoms with Gasteiger partial charge in [0.15, 0.2) is 0 Å². The van der Waals surface area contributed by atoms with E-state index in [0.717, 1.165) is 31.5 Å². The van der Waals surface area contributed by atoms with E-state index >= 15 is 0 Å². The quantitative estimate of drug-likeness (QED) is 0.875. The predicted octanol–water partition coefficient (Wildman–Crippen LogP) is 2.61. The van der Waals surface area contributed by atoms with Gasteiger partial charge in [-0.15, -0.1) is 0 Å². The molecule has 4 nitrogen and oxygen atoms in total. The molecule has 2 N–H and O–H groups in total. The molecule has 2 rings (SSSR count). The molecule has 1 aliphatic heterocycles. The molecule has 0 radical (unpaired) electrons. The van der Waals surface area contributed by atoms with Gasteiger partial charge in [-0.1, -0.05) is 43.6 Å². The fraction of sp³-hybridized carbons (Fsp3) is 0.588. The number of carbonyl (C=O) groups excluding carboxylic acids is 1. The van der Waals surface area contributed by atoms with E-state index in [1.807, 2.05) is 32.0 Å². The Balaban J connectivity index is 1.90. The maximum atomic E-state index is 11.8. The molecule has 0 spiro atoms. The molecular weight excluding hydrogens is 300 g/mol. The molecule has 5 heteroatoms. The molecule has 1 heterocycles. The fourth-order valence-corrected chi connectivity index (χ4v) is 3.06. The number of β-amino-alcohol motifs (C(OH)–C–C–N with tert-alkyl or cyclic N) is 1. The number of carbonyl (C=O) groups is 1. The molecule has 2 atom stereocenters. The Morgan fingerprint density at radius 1 is 1.45 bits per heavy atom. The molecule has 1 amide bonds. The van der Waals surface area contributed by atoms with Crippen LogP contribution >= 0.6 is 11.6 Å². The summed E-state index contributed by atoms with van der Waals surface area (Å²) in [5.74, 6) is 0.0996. The Kier molecular flexibility index (Phi) is 6.24. The van der Waals surface area contributed by atoms with E-state index in [1.165, 1.54) is 0 Å². The van der Waals surface area contributed by atoms with Crippen molar-refractivity contribution in [2.75, 3.05) is 19.6 Å². The van der Waals surface area contributed by atoms with Gasteiger partial charge in [0.25, 0.3) is 0 Å². The van der Waals surface area contributed by atoms with Crippen LogP contribution in [0.25, 0.3) is 0 Å². The van der Waals surface area contributed by atoms with Crippen LogP contribution in [0.3, 0.4) is 0 Å². The molecule has 1 aliphatic rings. The molecular formula is C17H25ClN2O2. The molecule has 2 unspecified atom stereocenters. The summed E-state index contributed by atoms with van der Waals surface area (Å²) < 4.78 is 0. The molecule has 0 saturated carbocycles. The molecule has 1 aromatic rings. The van der Waals surface area contributed by atoms with Crippen molar-refractivity contribution in [2.45, 2.75) is 38.8 Å². The van der Waals surface area contributed by atoms with Crippen molar-refractivity contribution in [2.24, 2.45) is 5.92 Å². The summed E-state index contributed by atoms with van der Waals surface area (Å²) in [5.41, 5.74) is 0.762. The van der Waals surface area contributed by atoms with Crippen LogP contribution < -0.4 is 5.32 Å². The molecule has 22 heavy (non-hydrogen) atoms. The smallest absolute Gasteiger partial charge is 0.222 e. The van der Waals surface area contributed by atoms with E-state index < -0.39 is 6.10 Å². The van der Waals surface area contributed by atoms with Crippen LogP contribution in [0.4, 0.5) is 0 Å². The van der Waals surface area contributed by atoms with Crippen molar-refractivity contribution in [3.63, 3.8) is 0 Å². The minimum absolute atomic E-state index is 0.00379. The van der Waals surface area contributed by atoms with Gasteiger partial charge in [-0.05, 0) is 25.5 Å². The topological polar surface area (TPSA) is 52.6 Å². The van der Waals surface area contributed by atoms with Crippen molar-refractivity contribution in [1.29, 1.82) is 0 Å². The lowest BCUT2D eigenvalue weighted by molar-refractivity contribution is -0.125. The minimum atomic E-state index is -0.603. The highest BCUT2D eigenvalue weighted by Gasteiger charge is 2.24. The molecule has 1 fully saturated rings. The van der Waals surface area contributed by atoms with Crippen LogP contribution in [0, 0.1) is 5.92 Å². The van der Waals surface area contributed by atoms with Gasteiger partial charge in [0.2, 0.25) is 5.91 Å². The second kappa shape index (κ2) is 7.95. The highest BCUT2D eigenvalue weighted by molar-refractivity contribution is 6.31. The second-order valence-electron chi connectivity index (χ2n) is 6.30. The Morgan fingerprint density at radius 2 is 2.18 bits per heavy atom. The van der Waals surface area contributed by atoms with Gasteiger partial charge < -0.3 is 10.4 Å². The fourth-order valence-electron chi connectivity index (χ4n) is 2.80. The van der Waals surface area contributed by atoms with Crippen molar-refractivity contribution < 1.29 is 9.90 Å². The maximum absolute atomic E-state index is 11.8. The van der Waals surface area contributed by atoms with Crippen LogP contribution in [-0.4, -0.2) is 41.6 Å². The number of likely N-dealkylation sites (tertiary alicyclic amines) is 1. The van der Waals surface area contributed by atoms with Gasteiger partial charge >= 0.3 is 0 Å². The molecule has 0 aliphatic carbocycles. The third-order valence-corrected chi connectivity index (χ3v) is 4.42. The first-order chi connectivity index (χ1) is 10.5. The van der Waals surface area contributed by atoms with E-state index in [0.29, 0.717) is 11.6 Å². The average molecular weight is 325 g/mol. The van der Waals surface area contributed by atoms with E-state index in [1.54, 1.807) is 6.07 Å². The van der Waals surface area contributed by atoms with Crippen LogP contribution in [-0.2, 0) is 4.79 Å². The van der Waals surface area contributed by atoms with Gasteiger partial charge in [0.05, 0.1) is 6.10 Å². The van der Waals surface area contributed by atoms with Gasteiger partial charge in [-0.2, -0.15) is 0 Å². The van der Waals surface area contributed by atoms with Crippen molar-refractivity contribution in [3.8, 4) is 0 Å². The van der Waals surface area contributed by atoms with E-state index in [4.69, 9.17) is 11.6 Å². The number of nitrogens with zero attached hydrogens (tertiary/aromatic N) is 1. The third-order valence-electron chi connectivity index (χ3n) is 4.07. The number of halogens is 1. The minimum Gasteiger partial charge on any atom is -0.387 e. The Hall–Kier alpha value is -1.10. The second-order valence-corrected chi connectivity index (χ2v) is 6.71. The van der Waals surface area contributed by atoms with E-state index in [2.05, 4.69) is 10.2 Å². The third kappa shape index (κ3) is 4.70. The van der Waals surface area contributed by atoms with Crippen molar-refractivity contribution in [3.05, 3.63) is 34.9 Å². The van der Waals surface area contributed by atoms with Crippen LogP contribution in [0.2, 0.25) is 5.02 Å². The summed E-state index contributed by atoms with van der Waals surface area (Å²) >= 11 is 6.13. The molecule has 1 saturated heterocycles. The summed E-state index contributed by atoms with van der Waals surface area (Å²) in [4.78, 5) is 14.0. The summed E-state index contributed by atoms with van der Waals surface area (Å²) in [6.45, 7) is 6.06. The highest BCUT2D eigenvalue weighted by Crippen LogP contribution is 2.24. The van der Waals surface area contributed by atoms with Crippen LogP contribution in [0.15, 0.2) is 24.3 Å². The number of hydrogen-bond acceptors (Lipinski definition) is 3. The lowest BCUT2D eigenvalue weighted by atomic mass is 10.0. The number of nitrogens with one attached hydrogen (secondary N) is 1. The van der Waals surface area contributed by atoms with Gasteiger partial charge in [0, 0.05) is 35.6 Å². The maximum Gasteiger partial charge on any atom is 0.222 e. The molecule has 0 aromatic heterocycles. The van der Waals surface area contributed by atoms with Crippen LogP contribution in [0.1, 0.15) is 38.4 Å². The lowest BCUT2D eigenvalue weighted by Gasteiger charge is -2.34. The zero-order valence-electron chi connectivity index (χ0n) is 13.3. The molecule has 122 valence electrons. The van der Waals surface area contributed by atoms with E-state index in [-0.39, 0.29) is 17.9 Å². The number of benzene rings is 1. The molecule has 1 aromatic carbocycles. The number of aliphatic hydroxyl groups is 1. The predicted molar refractivity (Wildman–Crippen MR) is 88.9 cm³/mol. The largest absolute Gasteiger partial charge is 0.387 e. The van der Waals surface area contributed by atoms with Gasteiger partial charge in [0.1, 0.15) is 0 Å².